The molecule has 19 heavy (non-hydrogen) atoms. The highest BCUT2D eigenvalue weighted by molar-refractivity contribution is 6.42. The first-order chi connectivity index (χ1) is 9.08. The molecule has 0 aliphatic carbocycles. The number of rotatable bonds is 4. The minimum absolute atomic E-state index is 0.221. The van der Waals surface area contributed by atoms with Gasteiger partial charge in [0.25, 0.3) is 0 Å². The maximum atomic E-state index is 10.8. The average molecular weight is 297 g/mol. The summed E-state index contributed by atoms with van der Waals surface area (Å²) in [5.74, 6) is -0.502. The Balaban J connectivity index is 2.12. The Bertz CT molecular complexity index is 611. The molecule has 0 amide bonds. The molecule has 2 aromatic rings. The summed E-state index contributed by atoms with van der Waals surface area (Å²) in [6.07, 6.45) is 0. The molecule has 0 aromatic heterocycles. The van der Waals surface area contributed by atoms with Crippen LogP contribution in [0.3, 0.4) is 0 Å². The van der Waals surface area contributed by atoms with Crippen molar-refractivity contribution in [2.75, 3.05) is 0 Å². The summed E-state index contributed by atoms with van der Waals surface area (Å²) < 4.78 is 5.53. The third-order valence-electron chi connectivity index (χ3n) is 2.48. The van der Waals surface area contributed by atoms with Gasteiger partial charge in [-0.3, -0.25) is 0 Å². The van der Waals surface area contributed by atoms with Crippen molar-refractivity contribution in [1.82, 2.24) is 0 Å². The van der Waals surface area contributed by atoms with E-state index >= 15 is 0 Å². The molecule has 0 bridgehead atoms. The maximum Gasteiger partial charge on any atom is 0.335 e. The van der Waals surface area contributed by atoms with E-state index in [2.05, 4.69) is 0 Å². The second-order valence-corrected chi connectivity index (χ2v) is 4.63. The van der Waals surface area contributed by atoms with E-state index in [0.717, 1.165) is 5.56 Å². The summed E-state index contributed by atoms with van der Waals surface area (Å²) in [4.78, 5) is 10.8. The van der Waals surface area contributed by atoms with Crippen LogP contribution in [0, 0.1) is 0 Å². The van der Waals surface area contributed by atoms with Gasteiger partial charge in [0.15, 0.2) is 0 Å². The van der Waals surface area contributed by atoms with Crippen LogP contribution in [0.2, 0.25) is 10.0 Å². The number of ether oxygens (including phenoxy) is 1. The van der Waals surface area contributed by atoms with Crippen molar-refractivity contribution in [3.8, 4) is 5.75 Å². The Labute approximate surface area is 120 Å². The summed E-state index contributed by atoms with van der Waals surface area (Å²) in [5.41, 5.74) is 0.967. The van der Waals surface area contributed by atoms with E-state index in [4.69, 9.17) is 33.0 Å². The van der Waals surface area contributed by atoms with Gasteiger partial charge in [0, 0.05) is 0 Å². The van der Waals surface area contributed by atoms with Crippen molar-refractivity contribution in [1.29, 1.82) is 0 Å². The fraction of sp³-hybridized carbons (Fsp3) is 0.0714. The zero-order chi connectivity index (χ0) is 13.8. The molecule has 0 fully saturated rings. The fourth-order valence-electron chi connectivity index (χ4n) is 1.55. The molecule has 0 saturated carbocycles. The lowest BCUT2D eigenvalue weighted by atomic mass is 10.1. The molecule has 0 radical (unpaired) electrons. The molecule has 0 unspecified atom stereocenters. The van der Waals surface area contributed by atoms with Gasteiger partial charge >= 0.3 is 5.97 Å². The number of hydrogen-bond acceptors (Lipinski definition) is 2. The maximum absolute atomic E-state index is 10.8. The SMILES string of the molecule is O=C(O)c1cccc(COc2cccc(Cl)c2Cl)c1. The van der Waals surface area contributed by atoms with Crippen LogP contribution in [0.5, 0.6) is 5.75 Å². The smallest absolute Gasteiger partial charge is 0.335 e. The number of carboxylic acid groups (broad SMARTS) is 1. The van der Waals surface area contributed by atoms with Crippen molar-refractivity contribution in [2.24, 2.45) is 0 Å². The fourth-order valence-corrected chi connectivity index (χ4v) is 1.90. The molecule has 2 rings (SSSR count). The Hall–Kier alpha value is -1.71. The molecule has 3 nitrogen and oxygen atoms in total. The lowest BCUT2D eigenvalue weighted by molar-refractivity contribution is 0.0696. The third-order valence-corrected chi connectivity index (χ3v) is 3.29. The van der Waals surface area contributed by atoms with Gasteiger partial charge in [0.2, 0.25) is 0 Å². The van der Waals surface area contributed by atoms with Crippen LogP contribution < -0.4 is 4.74 Å². The number of carboxylic acids is 1. The lowest BCUT2D eigenvalue weighted by Crippen LogP contribution is -2.00. The van der Waals surface area contributed by atoms with Gasteiger partial charge in [-0.1, -0.05) is 41.4 Å². The van der Waals surface area contributed by atoms with Crippen molar-refractivity contribution < 1.29 is 14.6 Å². The summed E-state index contributed by atoms with van der Waals surface area (Å²) >= 11 is 11.9. The normalized spacial score (nSPS) is 10.2. The molecular formula is C14H10Cl2O3. The highest BCUT2D eigenvalue weighted by Crippen LogP contribution is 2.31. The first-order valence-corrected chi connectivity index (χ1v) is 6.22. The second kappa shape index (κ2) is 5.95. The predicted octanol–water partition coefficient (Wildman–Crippen LogP) is 4.27. The summed E-state index contributed by atoms with van der Waals surface area (Å²) in [6.45, 7) is 0.223. The van der Waals surface area contributed by atoms with E-state index in [1.807, 2.05) is 0 Å². The highest BCUT2D eigenvalue weighted by Gasteiger charge is 2.07. The molecule has 5 heteroatoms. The minimum atomic E-state index is -0.970. The number of halogens is 2. The highest BCUT2D eigenvalue weighted by atomic mass is 35.5. The van der Waals surface area contributed by atoms with Crippen LogP contribution in [0.25, 0.3) is 0 Å². The van der Waals surface area contributed by atoms with E-state index in [9.17, 15) is 4.79 Å². The van der Waals surface area contributed by atoms with Crippen LogP contribution in [-0.2, 0) is 6.61 Å². The van der Waals surface area contributed by atoms with E-state index in [-0.39, 0.29) is 12.2 Å². The molecule has 0 spiro atoms. The topological polar surface area (TPSA) is 46.5 Å². The number of aromatic carboxylic acids is 1. The van der Waals surface area contributed by atoms with Crippen molar-refractivity contribution >= 4 is 29.2 Å². The van der Waals surface area contributed by atoms with Crippen molar-refractivity contribution in [3.05, 3.63) is 63.6 Å². The van der Waals surface area contributed by atoms with E-state index in [1.54, 1.807) is 36.4 Å². The number of carbonyl (C=O) groups is 1. The molecule has 0 aliphatic rings. The number of benzene rings is 2. The van der Waals surface area contributed by atoms with Gasteiger partial charge in [-0.2, -0.15) is 0 Å². The number of hydrogen-bond donors (Lipinski definition) is 1. The second-order valence-electron chi connectivity index (χ2n) is 3.85. The van der Waals surface area contributed by atoms with E-state index in [0.29, 0.717) is 15.8 Å². The molecule has 0 heterocycles. The first-order valence-electron chi connectivity index (χ1n) is 5.47. The van der Waals surface area contributed by atoms with Crippen LogP contribution in [0.4, 0.5) is 0 Å². The van der Waals surface area contributed by atoms with E-state index in [1.165, 1.54) is 6.07 Å². The standard InChI is InChI=1S/C14H10Cl2O3/c15-11-5-2-6-12(13(11)16)19-8-9-3-1-4-10(7-9)14(17)18/h1-7H,8H2,(H,17,18). The molecule has 0 aliphatic heterocycles. The zero-order valence-corrected chi connectivity index (χ0v) is 11.3. The Morgan fingerprint density at radius 3 is 2.63 bits per heavy atom. The van der Waals surface area contributed by atoms with Gasteiger partial charge in [-0.25, -0.2) is 4.79 Å². The molecule has 0 atom stereocenters. The van der Waals surface area contributed by atoms with E-state index < -0.39 is 5.97 Å². The molecule has 0 saturated heterocycles. The summed E-state index contributed by atoms with van der Waals surface area (Å²) in [7, 11) is 0. The van der Waals surface area contributed by atoms with Crippen molar-refractivity contribution in [3.63, 3.8) is 0 Å². The quantitative estimate of drug-likeness (QED) is 0.916. The van der Waals surface area contributed by atoms with Gasteiger partial charge in [0.1, 0.15) is 17.4 Å². The molecule has 2 aromatic carbocycles. The lowest BCUT2D eigenvalue weighted by Gasteiger charge is -2.09. The Morgan fingerprint density at radius 1 is 1.16 bits per heavy atom. The Kier molecular flexibility index (Phi) is 4.30. The molecule has 98 valence electrons. The van der Waals surface area contributed by atoms with Crippen molar-refractivity contribution in [2.45, 2.75) is 6.61 Å². The average Bonchev–Trinajstić information content (AvgIpc) is 2.41. The summed E-state index contributed by atoms with van der Waals surface area (Å²) in [5, 5.41) is 9.66. The van der Waals surface area contributed by atoms with Crippen LogP contribution in [-0.4, -0.2) is 11.1 Å². The molecule has 1 N–H and O–H groups in total. The van der Waals surface area contributed by atoms with Crippen LogP contribution in [0.1, 0.15) is 15.9 Å². The summed E-state index contributed by atoms with van der Waals surface area (Å²) in [6, 6.07) is 11.6. The van der Waals surface area contributed by atoms with Crippen LogP contribution in [0.15, 0.2) is 42.5 Å². The van der Waals surface area contributed by atoms with Gasteiger partial charge < -0.3 is 9.84 Å². The largest absolute Gasteiger partial charge is 0.487 e. The zero-order valence-electron chi connectivity index (χ0n) is 9.77. The van der Waals surface area contributed by atoms with Gasteiger partial charge in [-0.15, -0.1) is 0 Å². The molecular weight excluding hydrogens is 287 g/mol. The predicted molar refractivity (Wildman–Crippen MR) is 74.2 cm³/mol. The Morgan fingerprint density at radius 2 is 1.89 bits per heavy atom. The minimum Gasteiger partial charge on any atom is -0.487 e. The van der Waals surface area contributed by atoms with Gasteiger partial charge in [0.05, 0.1) is 10.6 Å². The third kappa shape index (κ3) is 3.40. The van der Waals surface area contributed by atoms with Crippen LogP contribution >= 0.6 is 23.2 Å². The first kappa shape index (κ1) is 13.7. The van der Waals surface area contributed by atoms with Gasteiger partial charge in [-0.05, 0) is 29.8 Å². The monoisotopic (exact) mass is 296 g/mol.